The van der Waals surface area contributed by atoms with Crippen molar-refractivity contribution < 1.29 is 4.79 Å². The van der Waals surface area contributed by atoms with Gasteiger partial charge in [-0.3, -0.25) is 4.79 Å². The number of primary amides is 1. The lowest BCUT2D eigenvalue weighted by atomic mass is 10.1. The fourth-order valence-corrected chi connectivity index (χ4v) is 1.45. The highest BCUT2D eigenvalue weighted by Crippen LogP contribution is 2.22. The quantitative estimate of drug-likeness (QED) is 0.635. The number of hydrogen-bond acceptors (Lipinski definition) is 2. The maximum absolute atomic E-state index is 11.0. The van der Waals surface area contributed by atoms with Crippen LogP contribution < -0.4 is 5.73 Å². The van der Waals surface area contributed by atoms with Crippen molar-refractivity contribution in [2.24, 2.45) is 5.73 Å². The molecule has 2 aliphatic heterocycles. The molecule has 0 saturated carbocycles. The maximum atomic E-state index is 11.0. The zero-order valence-electron chi connectivity index (χ0n) is 7.10. The summed E-state index contributed by atoms with van der Waals surface area (Å²) in [6.45, 7) is 0.799. The lowest BCUT2D eigenvalue weighted by Crippen LogP contribution is -2.27. The van der Waals surface area contributed by atoms with Crippen LogP contribution in [0.5, 0.6) is 0 Å². The van der Waals surface area contributed by atoms with E-state index in [1.54, 1.807) is 6.08 Å². The van der Waals surface area contributed by atoms with Crippen molar-refractivity contribution in [1.29, 1.82) is 0 Å². The highest BCUT2D eigenvalue weighted by atomic mass is 16.1. The second-order valence-electron chi connectivity index (χ2n) is 2.92. The summed E-state index contributed by atoms with van der Waals surface area (Å²) in [6.07, 6.45) is 11.4. The van der Waals surface area contributed by atoms with Crippen LogP contribution in [0.2, 0.25) is 0 Å². The average molecular weight is 174 g/mol. The van der Waals surface area contributed by atoms with Gasteiger partial charge >= 0.3 is 0 Å². The molecule has 0 radical (unpaired) electrons. The molecule has 0 aromatic heterocycles. The van der Waals surface area contributed by atoms with Crippen LogP contribution in [-0.4, -0.2) is 17.4 Å². The Morgan fingerprint density at radius 3 is 3.00 bits per heavy atom. The van der Waals surface area contributed by atoms with Crippen LogP contribution in [0.4, 0.5) is 0 Å². The van der Waals surface area contributed by atoms with Crippen LogP contribution in [0, 0.1) is 0 Å². The van der Waals surface area contributed by atoms with Gasteiger partial charge in [-0.25, -0.2) is 0 Å². The summed E-state index contributed by atoms with van der Waals surface area (Å²) in [7, 11) is 0. The predicted octanol–water partition coefficient (Wildman–Crippen LogP) is 0.681. The van der Waals surface area contributed by atoms with Gasteiger partial charge in [0.15, 0.2) is 0 Å². The van der Waals surface area contributed by atoms with Crippen molar-refractivity contribution in [3.63, 3.8) is 0 Å². The van der Waals surface area contributed by atoms with E-state index in [2.05, 4.69) is 0 Å². The van der Waals surface area contributed by atoms with Crippen LogP contribution >= 0.6 is 0 Å². The highest BCUT2D eigenvalue weighted by molar-refractivity contribution is 5.97. The molecule has 2 rings (SSSR count). The van der Waals surface area contributed by atoms with Crippen LogP contribution in [0.1, 0.15) is 0 Å². The zero-order valence-corrected chi connectivity index (χ0v) is 7.10. The molecule has 3 nitrogen and oxygen atoms in total. The largest absolute Gasteiger partial charge is 0.366 e. The zero-order chi connectivity index (χ0) is 9.26. The summed E-state index contributed by atoms with van der Waals surface area (Å²) >= 11 is 0. The summed E-state index contributed by atoms with van der Waals surface area (Å²) in [4.78, 5) is 13.0. The highest BCUT2D eigenvalue weighted by Gasteiger charge is 2.18. The number of carbonyl (C=O) groups excluding carboxylic acids is 1. The predicted molar refractivity (Wildman–Crippen MR) is 50.3 cm³/mol. The van der Waals surface area contributed by atoms with E-state index in [1.165, 1.54) is 0 Å². The Hall–Kier alpha value is -1.77. The molecule has 0 bridgehead atoms. The summed E-state index contributed by atoms with van der Waals surface area (Å²) < 4.78 is 0. The standard InChI is InChI=1S/C10H10N2O/c11-10(13)8-4-3-7-12-6-2-1-5-9(8)12/h1-5,7H,6H2,(H2,11,13). The first kappa shape index (κ1) is 7.86. The van der Waals surface area contributed by atoms with Crippen LogP contribution in [0.25, 0.3) is 0 Å². The molecule has 0 saturated heterocycles. The molecule has 0 aromatic rings. The molecular formula is C10H10N2O. The minimum absolute atomic E-state index is 0.379. The number of nitrogens with zero attached hydrogens (tertiary/aromatic N) is 1. The van der Waals surface area contributed by atoms with Crippen molar-refractivity contribution in [1.82, 2.24) is 4.90 Å². The molecule has 0 unspecified atom stereocenters. The molecular weight excluding hydrogens is 164 g/mol. The fourth-order valence-electron chi connectivity index (χ4n) is 1.45. The Morgan fingerprint density at radius 1 is 1.38 bits per heavy atom. The number of amides is 1. The first-order valence-corrected chi connectivity index (χ1v) is 4.11. The van der Waals surface area contributed by atoms with E-state index < -0.39 is 0 Å². The lowest BCUT2D eigenvalue weighted by molar-refractivity contribution is -0.114. The van der Waals surface area contributed by atoms with E-state index in [1.807, 2.05) is 35.4 Å². The summed E-state index contributed by atoms with van der Waals surface area (Å²) in [5.41, 5.74) is 6.70. The Labute approximate surface area is 76.5 Å². The third-order valence-electron chi connectivity index (χ3n) is 2.07. The molecule has 2 heterocycles. The number of fused-ring (bicyclic) bond motifs is 1. The van der Waals surface area contributed by atoms with E-state index in [0.717, 1.165) is 12.2 Å². The van der Waals surface area contributed by atoms with Gasteiger partial charge in [-0.05, 0) is 18.2 Å². The summed E-state index contributed by atoms with van der Waals surface area (Å²) in [5.74, 6) is -0.379. The van der Waals surface area contributed by atoms with E-state index in [4.69, 9.17) is 5.73 Å². The van der Waals surface area contributed by atoms with E-state index in [-0.39, 0.29) is 5.91 Å². The minimum Gasteiger partial charge on any atom is -0.366 e. The normalized spacial score (nSPS) is 19.2. The summed E-state index contributed by atoms with van der Waals surface area (Å²) in [6, 6.07) is 0. The topological polar surface area (TPSA) is 46.3 Å². The molecule has 2 N–H and O–H groups in total. The van der Waals surface area contributed by atoms with E-state index in [9.17, 15) is 4.79 Å². The van der Waals surface area contributed by atoms with Crippen molar-refractivity contribution in [3.05, 3.63) is 47.9 Å². The number of hydrogen-bond donors (Lipinski definition) is 1. The number of carbonyl (C=O) groups is 1. The Morgan fingerprint density at radius 2 is 2.23 bits per heavy atom. The van der Waals surface area contributed by atoms with E-state index in [0.29, 0.717) is 5.57 Å². The minimum atomic E-state index is -0.379. The lowest BCUT2D eigenvalue weighted by Gasteiger charge is -2.27. The van der Waals surface area contributed by atoms with Gasteiger partial charge in [0.25, 0.3) is 5.91 Å². The average Bonchev–Trinajstić information content (AvgIpc) is 2.17. The maximum Gasteiger partial charge on any atom is 0.250 e. The van der Waals surface area contributed by atoms with Gasteiger partial charge in [0, 0.05) is 12.7 Å². The Kier molecular flexibility index (Phi) is 1.77. The molecule has 0 spiro atoms. The number of rotatable bonds is 1. The second kappa shape index (κ2) is 2.94. The van der Waals surface area contributed by atoms with Gasteiger partial charge in [0.1, 0.15) is 0 Å². The molecule has 1 amide bonds. The van der Waals surface area contributed by atoms with Crippen molar-refractivity contribution in [2.45, 2.75) is 0 Å². The third kappa shape index (κ3) is 1.28. The van der Waals surface area contributed by atoms with Gasteiger partial charge in [-0.2, -0.15) is 0 Å². The Bertz CT molecular complexity index is 361. The van der Waals surface area contributed by atoms with Gasteiger partial charge in [-0.1, -0.05) is 12.2 Å². The molecule has 13 heavy (non-hydrogen) atoms. The molecule has 0 aromatic carbocycles. The molecule has 0 aliphatic carbocycles. The summed E-state index contributed by atoms with van der Waals surface area (Å²) in [5, 5.41) is 0. The smallest absolute Gasteiger partial charge is 0.250 e. The SMILES string of the molecule is NC(=O)C1=CC=CN2CC=CC=C12. The first-order chi connectivity index (χ1) is 6.29. The number of nitrogens with two attached hydrogens (primary N) is 1. The Balaban J connectivity index is 2.42. The van der Waals surface area contributed by atoms with Crippen molar-refractivity contribution >= 4 is 5.91 Å². The third-order valence-corrected chi connectivity index (χ3v) is 2.07. The van der Waals surface area contributed by atoms with Gasteiger partial charge < -0.3 is 10.6 Å². The van der Waals surface area contributed by atoms with Crippen LogP contribution in [0.3, 0.4) is 0 Å². The van der Waals surface area contributed by atoms with Crippen molar-refractivity contribution in [3.8, 4) is 0 Å². The molecule has 0 fully saturated rings. The molecule has 66 valence electrons. The second-order valence-corrected chi connectivity index (χ2v) is 2.92. The monoisotopic (exact) mass is 174 g/mol. The van der Waals surface area contributed by atoms with Gasteiger partial charge in [0.05, 0.1) is 11.3 Å². The van der Waals surface area contributed by atoms with E-state index >= 15 is 0 Å². The molecule has 2 aliphatic rings. The molecule has 3 heteroatoms. The number of allylic oxidation sites excluding steroid dienone is 4. The fraction of sp³-hybridized carbons (Fsp3) is 0.100. The van der Waals surface area contributed by atoms with Crippen molar-refractivity contribution in [2.75, 3.05) is 6.54 Å². The first-order valence-electron chi connectivity index (χ1n) is 4.11. The van der Waals surface area contributed by atoms with Gasteiger partial charge in [-0.15, -0.1) is 0 Å². The van der Waals surface area contributed by atoms with Gasteiger partial charge in [0.2, 0.25) is 0 Å². The van der Waals surface area contributed by atoms with Crippen LogP contribution in [-0.2, 0) is 4.79 Å². The molecule has 0 atom stereocenters. The van der Waals surface area contributed by atoms with Crippen LogP contribution in [0.15, 0.2) is 47.9 Å².